The van der Waals surface area contributed by atoms with Crippen molar-refractivity contribution in [3.05, 3.63) is 23.5 Å². The number of nitrogens with one attached hydrogen (secondary N) is 1. The van der Waals surface area contributed by atoms with E-state index in [4.69, 9.17) is 0 Å². The molecule has 0 aliphatic rings. The van der Waals surface area contributed by atoms with Crippen molar-refractivity contribution in [2.24, 2.45) is 0 Å². The minimum atomic E-state index is -6.40. The third kappa shape index (κ3) is 2.01. The second-order valence-electron chi connectivity index (χ2n) is 3.09. The summed E-state index contributed by atoms with van der Waals surface area (Å²) < 4.78 is 86.3. The van der Waals surface area contributed by atoms with Crippen molar-refractivity contribution in [1.29, 1.82) is 0 Å². The summed E-state index contributed by atoms with van der Waals surface area (Å²) in [7, 11) is 0. The minimum absolute atomic E-state index is 0.00527. The van der Waals surface area contributed by atoms with E-state index >= 15 is 0 Å². The van der Waals surface area contributed by atoms with Gasteiger partial charge in [0.15, 0.2) is 6.29 Å². The molecule has 0 saturated heterocycles. The topological polar surface area (TPSA) is 32.9 Å². The Morgan fingerprint density at radius 1 is 1.00 bits per heavy atom. The molecule has 0 saturated carbocycles. The van der Waals surface area contributed by atoms with Crippen molar-refractivity contribution in [3.63, 3.8) is 0 Å². The van der Waals surface area contributed by atoms with Crippen molar-refractivity contribution in [2.75, 3.05) is 0 Å². The molecule has 1 N–H and O–H groups in total. The SMILES string of the molecule is O=Cc1ccc(C(F)(F)C(F)(F)C(F)(F)F)[nH]1. The van der Waals surface area contributed by atoms with Gasteiger partial charge in [-0.05, 0) is 12.1 Å². The number of H-pyrrole nitrogens is 1. The van der Waals surface area contributed by atoms with Crippen LogP contribution in [0.3, 0.4) is 0 Å². The second-order valence-corrected chi connectivity index (χ2v) is 3.09. The standard InChI is InChI=1S/C8H4F7NO/c9-6(10,7(11,12)8(13,14)15)5-2-1-4(3-17)16-5/h1-3,16H. The zero-order valence-electron chi connectivity index (χ0n) is 7.79. The van der Waals surface area contributed by atoms with Crippen LogP contribution in [0.4, 0.5) is 30.7 Å². The molecule has 9 heteroatoms. The van der Waals surface area contributed by atoms with E-state index in [2.05, 4.69) is 0 Å². The molecule has 0 amide bonds. The lowest BCUT2D eigenvalue weighted by Gasteiger charge is -2.27. The first-order valence-electron chi connectivity index (χ1n) is 4.01. The Morgan fingerprint density at radius 3 is 1.88 bits per heavy atom. The summed E-state index contributed by atoms with van der Waals surface area (Å²) in [4.78, 5) is 11.6. The Labute approximate surface area is 89.4 Å². The monoisotopic (exact) mass is 263 g/mol. The lowest BCUT2D eigenvalue weighted by atomic mass is 10.1. The van der Waals surface area contributed by atoms with Gasteiger partial charge in [0.05, 0.1) is 11.4 Å². The number of carbonyl (C=O) groups is 1. The smallest absolute Gasteiger partial charge is 0.351 e. The molecule has 96 valence electrons. The third-order valence-corrected chi connectivity index (χ3v) is 1.92. The van der Waals surface area contributed by atoms with E-state index in [0.717, 1.165) is 0 Å². The molecule has 0 unspecified atom stereocenters. The van der Waals surface area contributed by atoms with Crippen molar-refractivity contribution >= 4 is 6.29 Å². The normalized spacial score (nSPS) is 13.8. The average Bonchev–Trinajstić information content (AvgIpc) is 2.64. The predicted molar refractivity (Wildman–Crippen MR) is 41.1 cm³/mol. The number of halogens is 7. The van der Waals surface area contributed by atoms with Gasteiger partial charge in [-0.3, -0.25) is 4.79 Å². The summed E-state index contributed by atoms with van der Waals surface area (Å²) in [6.07, 6.45) is -6.39. The summed E-state index contributed by atoms with van der Waals surface area (Å²) in [5.74, 6) is -11.7. The van der Waals surface area contributed by atoms with Crippen LogP contribution in [0.15, 0.2) is 12.1 Å². The zero-order chi connectivity index (χ0) is 13.5. The lowest BCUT2D eigenvalue weighted by Crippen LogP contribution is -2.50. The molecule has 0 aliphatic heterocycles. The molecule has 0 spiro atoms. The highest BCUT2D eigenvalue weighted by atomic mass is 19.4. The maximum absolute atomic E-state index is 13.0. The van der Waals surface area contributed by atoms with E-state index in [1.807, 2.05) is 0 Å². The Morgan fingerprint density at radius 2 is 1.53 bits per heavy atom. The number of aldehydes is 1. The van der Waals surface area contributed by atoms with Gasteiger partial charge in [-0.2, -0.15) is 30.7 Å². The summed E-state index contributed by atoms with van der Waals surface area (Å²) in [5.41, 5.74) is -2.21. The summed E-state index contributed by atoms with van der Waals surface area (Å²) in [6, 6.07) is 0.964. The fraction of sp³-hybridized carbons (Fsp3) is 0.375. The van der Waals surface area contributed by atoms with E-state index in [1.54, 1.807) is 0 Å². The fourth-order valence-corrected chi connectivity index (χ4v) is 1.01. The van der Waals surface area contributed by atoms with Crippen LogP contribution in [0.25, 0.3) is 0 Å². The first-order chi connectivity index (χ1) is 7.54. The molecule has 1 heterocycles. The predicted octanol–water partition coefficient (Wildman–Crippen LogP) is 3.12. The number of aromatic amines is 1. The molecule has 0 radical (unpaired) electrons. The van der Waals surface area contributed by atoms with Crippen LogP contribution < -0.4 is 0 Å². The van der Waals surface area contributed by atoms with Gasteiger partial charge in [0.25, 0.3) is 0 Å². The van der Waals surface area contributed by atoms with E-state index in [-0.39, 0.29) is 6.29 Å². The maximum Gasteiger partial charge on any atom is 0.460 e. The van der Waals surface area contributed by atoms with Crippen LogP contribution in [-0.2, 0) is 5.92 Å². The average molecular weight is 263 g/mol. The maximum atomic E-state index is 13.0. The van der Waals surface area contributed by atoms with Crippen molar-refractivity contribution < 1.29 is 35.5 Å². The van der Waals surface area contributed by atoms with Crippen LogP contribution >= 0.6 is 0 Å². The van der Waals surface area contributed by atoms with Gasteiger partial charge in [0.2, 0.25) is 0 Å². The van der Waals surface area contributed by atoms with Crippen LogP contribution in [0, 0.1) is 0 Å². The molecule has 1 aromatic heterocycles. The molecule has 0 aliphatic carbocycles. The number of aromatic nitrogens is 1. The molecule has 0 atom stereocenters. The first-order valence-corrected chi connectivity index (χ1v) is 4.01. The number of alkyl halides is 7. The minimum Gasteiger partial charge on any atom is -0.351 e. The number of hydrogen-bond acceptors (Lipinski definition) is 1. The van der Waals surface area contributed by atoms with Gasteiger partial charge in [-0.1, -0.05) is 0 Å². The highest BCUT2D eigenvalue weighted by Gasteiger charge is 2.74. The number of rotatable bonds is 3. The molecule has 0 bridgehead atoms. The van der Waals surface area contributed by atoms with Crippen molar-refractivity contribution in [1.82, 2.24) is 4.98 Å². The first kappa shape index (κ1) is 13.5. The van der Waals surface area contributed by atoms with Gasteiger partial charge in [-0.15, -0.1) is 0 Å². The van der Waals surface area contributed by atoms with Crippen molar-refractivity contribution in [3.8, 4) is 0 Å². The van der Waals surface area contributed by atoms with Crippen LogP contribution in [0.5, 0.6) is 0 Å². The highest BCUT2D eigenvalue weighted by molar-refractivity contribution is 5.72. The molecule has 1 rings (SSSR count). The van der Waals surface area contributed by atoms with Crippen LogP contribution in [0.2, 0.25) is 0 Å². The van der Waals surface area contributed by atoms with Gasteiger partial charge in [0, 0.05) is 0 Å². The van der Waals surface area contributed by atoms with Crippen molar-refractivity contribution in [2.45, 2.75) is 18.0 Å². The molecule has 2 nitrogen and oxygen atoms in total. The van der Waals surface area contributed by atoms with E-state index in [9.17, 15) is 35.5 Å². The quantitative estimate of drug-likeness (QED) is 0.659. The number of hydrogen-bond donors (Lipinski definition) is 1. The Hall–Kier alpha value is -1.54. The molecule has 0 fully saturated rings. The van der Waals surface area contributed by atoms with E-state index < -0.39 is 29.4 Å². The lowest BCUT2D eigenvalue weighted by molar-refractivity contribution is -0.360. The molecule has 1 aromatic rings. The Balaban J connectivity index is 3.22. The molecule has 17 heavy (non-hydrogen) atoms. The summed E-state index contributed by atoms with van der Waals surface area (Å²) in [6.45, 7) is 0. The summed E-state index contributed by atoms with van der Waals surface area (Å²) in [5, 5.41) is 0. The molecule has 0 aromatic carbocycles. The number of carbonyl (C=O) groups excluding carboxylic acids is 1. The van der Waals surface area contributed by atoms with Gasteiger partial charge >= 0.3 is 18.0 Å². The van der Waals surface area contributed by atoms with Gasteiger partial charge in [0.1, 0.15) is 0 Å². The Bertz CT molecular complexity index is 420. The largest absolute Gasteiger partial charge is 0.460 e. The van der Waals surface area contributed by atoms with Crippen LogP contribution in [-0.4, -0.2) is 23.4 Å². The van der Waals surface area contributed by atoms with E-state index in [1.165, 1.54) is 4.98 Å². The molecular formula is C8H4F7NO. The highest BCUT2D eigenvalue weighted by Crippen LogP contribution is 2.51. The van der Waals surface area contributed by atoms with E-state index in [0.29, 0.717) is 12.1 Å². The van der Waals surface area contributed by atoms with Gasteiger partial charge < -0.3 is 4.98 Å². The Kier molecular flexibility index (Phi) is 2.98. The van der Waals surface area contributed by atoms with Gasteiger partial charge in [-0.25, -0.2) is 0 Å². The summed E-state index contributed by atoms with van der Waals surface area (Å²) >= 11 is 0. The fourth-order valence-electron chi connectivity index (χ4n) is 1.01. The molecular weight excluding hydrogens is 259 g/mol. The second kappa shape index (κ2) is 3.74. The third-order valence-electron chi connectivity index (χ3n) is 1.92. The zero-order valence-corrected chi connectivity index (χ0v) is 7.79. The van der Waals surface area contributed by atoms with Crippen LogP contribution in [0.1, 0.15) is 16.2 Å².